The number of esters is 1. The Morgan fingerprint density at radius 3 is 2.05 bits per heavy atom. The zero-order valence-electron chi connectivity index (χ0n) is 25.7. The Bertz CT molecular complexity index is 1600. The number of rotatable bonds is 7. The minimum Gasteiger partial charge on any atom is -0.461 e. The number of carbonyl (C=O) groups excluding carboxylic acids is 1. The van der Waals surface area contributed by atoms with Crippen LogP contribution in [0.15, 0.2) is 78.9 Å². The van der Waals surface area contributed by atoms with E-state index in [0.717, 1.165) is 32.1 Å². The summed E-state index contributed by atoms with van der Waals surface area (Å²) in [6.45, 7) is 10.6. The minimum absolute atomic E-state index is 0.0172. The topological polar surface area (TPSA) is 35.5 Å². The van der Waals surface area contributed by atoms with E-state index in [-0.39, 0.29) is 23.8 Å². The van der Waals surface area contributed by atoms with E-state index in [1.807, 2.05) is 13.8 Å². The molecule has 4 bridgehead atoms. The van der Waals surface area contributed by atoms with Crippen molar-refractivity contribution in [3.05, 3.63) is 84.4 Å². The zero-order valence-corrected chi connectivity index (χ0v) is 25.7. The van der Waals surface area contributed by atoms with Gasteiger partial charge in [-0.15, -0.1) is 0 Å². The van der Waals surface area contributed by atoms with Crippen LogP contribution in [-0.2, 0) is 19.9 Å². The molecule has 0 amide bonds. The number of ether oxygens (including phenoxy) is 2. The van der Waals surface area contributed by atoms with Crippen molar-refractivity contribution >= 4 is 27.5 Å². The third kappa shape index (κ3) is 4.74. The molecule has 4 aliphatic rings. The molecule has 0 N–H and O–H groups in total. The van der Waals surface area contributed by atoms with E-state index in [1.165, 1.54) is 38.2 Å². The van der Waals surface area contributed by atoms with Gasteiger partial charge in [-0.1, -0.05) is 67.6 Å². The molecule has 4 saturated carbocycles. The van der Waals surface area contributed by atoms with E-state index in [2.05, 4.69) is 99.6 Å². The van der Waals surface area contributed by atoms with Crippen LogP contribution in [-0.4, -0.2) is 18.2 Å². The molecule has 0 unspecified atom stereocenters. The van der Waals surface area contributed by atoms with Crippen molar-refractivity contribution in [1.29, 1.82) is 0 Å². The van der Waals surface area contributed by atoms with Crippen LogP contribution in [0.5, 0.6) is 0 Å². The van der Waals surface area contributed by atoms with E-state index in [1.54, 1.807) is 0 Å². The van der Waals surface area contributed by atoms with Crippen molar-refractivity contribution in [2.45, 2.75) is 84.5 Å². The second-order valence-corrected chi connectivity index (χ2v) is 14.5. The maximum atomic E-state index is 12.9. The van der Waals surface area contributed by atoms with Gasteiger partial charge in [0.2, 0.25) is 0 Å². The molecular formula is C39H44O3. The highest BCUT2D eigenvalue weighted by Crippen LogP contribution is 2.57. The van der Waals surface area contributed by atoms with Crippen LogP contribution in [0, 0.1) is 29.1 Å². The van der Waals surface area contributed by atoms with Crippen molar-refractivity contribution in [2.75, 3.05) is 0 Å². The lowest BCUT2D eigenvalue weighted by Crippen LogP contribution is -2.58. The molecule has 8 rings (SSSR count). The normalized spacial score (nSPS) is 27.1. The fourth-order valence-electron chi connectivity index (χ4n) is 8.27. The molecule has 3 nitrogen and oxygen atoms in total. The molecule has 42 heavy (non-hydrogen) atoms. The molecule has 0 saturated heterocycles. The SMILES string of the molecule is CCC(C)(C)C(=O)OC1C2CC3CC1CC(C2)C3OC(C)(C)c1ccc2cc3cccc(-c4ccccc4)c3cc2c1. The van der Waals surface area contributed by atoms with E-state index in [4.69, 9.17) is 9.47 Å². The van der Waals surface area contributed by atoms with Crippen LogP contribution in [0.25, 0.3) is 32.7 Å². The smallest absolute Gasteiger partial charge is 0.311 e. The molecule has 0 aromatic heterocycles. The maximum absolute atomic E-state index is 12.9. The molecule has 3 heteroatoms. The quantitative estimate of drug-likeness (QED) is 0.167. The molecule has 0 atom stereocenters. The van der Waals surface area contributed by atoms with Gasteiger partial charge in [-0.05, 0) is 140 Å². The van der Waals surface area contributed by atoms with Crippen molar-refractivity contribution < 1.29 is 14.3 Å². The monoisotopic (exact) mass is 560 g/mol. The highest BCUT2D eigenvalue weighted by Gasteiger charge is 2.56. The van der Waals surface area contributed by atoms with Gasteiger partial charge in [0.15, 0.2) is 0 Å². The van der Waals surface area contributed by atoms with Crippen LogP contribution in [0.3, 0.4) is 0 Å². The molecule has 4 aromatic rings. The lowest BCUT2D eigenvalue weighted by Gasteiger charge is -2.58. The molecule has 0 radical (unpaired) electrons. The predicted molar refractivity (Wildman–Crippen MR) is 171 cm³/mol. The predicted octanol–water partition coefficient (Wildman–Crippen LogP) is 9.69. The Kier molecular flexibility index (Phi) is 6.73. The first-order valence-electron chi connectivity index (χ1n) is 16.0. The van der Waals surface area contributed by atoms with Crippen LogP contribution < -0.4 is 0 Å². The second-order valence-electron chi connectivity index (χ2n) is 14.5. The van der Waals surface area contributed by atoms with Crippen LogP contribution in [0.2, 0.25) is 0 Å². The van der Waals surface area contributed by atoms with Crippen molar-refractivity contribution in [1.82, 2.24) is 0 Å². The van der Waals surface area contributed by atoms with Crippen LogP contribution in [0.4, 0.5) is 0 Å². The lowest BCUT2D eigenvalue weighted by molar-refractivity contribution is -0.219. The Labute approximate surface area is 250 Å². The lowest BCUT2D eigenvalue weighted by atomic mass is 9.53. The standard InChI is InChI=1S/C39H44O3/c1-6-38(2,3)37(40)41-35-28-18-30-20-29(35)21-31(19-28)36(30)42-39(4,5)32-16-15-25-17-26-13-10-14-33(24-11-8-7-9-12-24)34(26)23-27(25)22-32/h7-17,22-23,28-31,35-36H,6,18-21H2,1-5H3. The highest BCUT2D eigenvalue weighted by molar-refractivity contribution is 6.05. The molecule has 0 heterocycles. The van der Waals surface area contributed by atoms with Crippen molar-refractivity contribution in [2.24, 2.45) is 29.1 Å². The van der Waals surface area contributed by atoms with Gasteiger partial charge in [0.25, 0.3) is 0 Å². The summed E-state index contributed by atoms with van der Waals surface area (Å²) in [5.74, 6) is 2.06. The third-order valence-corrected chi connectivity index (χ3v) is 11.0. The summed E-state index contributed by atoms with van der Waals surface area (Å²) in [4.78, 5) is 12.9. The van der Waals surface area contributed by atoms with Crippen molar-refractivity contribution in [3.63, 3.8) is 0 Å². The third-order valence-electron chi connectivity index (χ3n) is 11.0. The Morgan fingerprint density at radius 1 is 0.714 bits per heavy atom. The molecule has 0 spiro atoms. The number of hydrogen-bond donors (Lipinski definition) is 0. The van der Waals surface area contributed by atoms with Crippen LogP contribution >= 0.6 is 0 Å². The van der Waals surface area contributed by atoms with Crippen molar-refractivity contribution in [3.8, 4) is 11.1 Å². The van der Waals surface area contributed by atoms with Gasteiger partial charge in [-0.2, -0.15) is 0 Å². The van der Waals surface area contributed by atoms with Gasteiger partial charge in [0, 0.05) is 0 Å². The van der Waals surface area contributed by atoms with E-state index < -0.39 is 5.41 Å². The highest BCUT2D eigenvalue weighted by atomic mass is 16.5. The summed E-state index contributed by atoms with van der Waals surface area (Å²) < 4.78 is 13.3. The molecule has 4 aliphatic carbocycles. The number of benzene rings is 4. The Balaban J connectivity index is 1.12. The van der Waals surface area contributed by atoms with E-state index >= 15 is 0 Å². The van der Waals surface area contributed by atoms with Gasteiger partial charge in [-0.3, -0.25) is 4.79 Å². The average molecular weight is 561 g/mol. The van der Waals surface area contributed by atoms with E-state index in [9.17, 15) is 4.79 Å². The molecule has 0 aliphatic heterocycles. The van der Waals surface area contributed by atoms with Gasteiger partial charge in [0.05, 0.1) is 17.1 Å². The molecule has 4 aromatic carbocycles. The first-order valence-corrected chi connectivity index (χ1v) is 16.0. The summed E-state index contributed by atoms with van der Waals surface area (Å²) in [6, 6.07) is 28.8. The van der Waals surface area contributed by atoms with Gasteiger partial charge in [0.1, 0.15) is 6.10 Å². The number of fused-ring (bicyclic) bond motifs is 2. The summed E-state index contributed by atoms with van der Waals surface area (Å²) in [5.41, 5.74) is 2.95. The minimum atomic E-state index is -0.403. The average Bonchev–Trinajstić information content (AvgIpc) is 2.98. The first-order chi connectivity index (χ1) is 20.1. The summed E-state index contributed by atoms with van der Waals surface area (Å²) in [5, 5.41) is 5.06. The van der Waals surface area contributed by atoms with E-state index in [0.29, 0.717) is 23.7 Å². The maximum Gasteiger partial charge on any atom is 0.311 e. The first kappa shape index (κ1) is 27.7. The van der Waals surface area contributed by atoms with Gasteiger partial charge in [-0.25, -0.2) is 0 Å². The summed E-state index contributed by atoms with van der Waals surface area (Å²) in [6.07, 6.45) is 5.64. The number of hydrogen-bond acceptors (Lipinski definition) is 3. The fraction of sp³-hybridized carbons (Fsp3) is 0.462. The Morgan fingerprint density at radius 2 is 1.38 bits per heavy atom. The number of carbonyl (C=O) groups is 1. The van der Waals surface area contributed by atoms with Gasteiger partial charge >= 0.3 is 5.97 Å². The summed E-state index contributed by atoms with van der Waals surface area (Å²) in [7, 11) is 0. The Hall–Kier alpha value is -3.17. The molecule has 4 fully saturated rings. The molecule has 218 valence electrons. The van der Waals surface area contributed by atoms with Crippen LogP contribution in [0.1, 0.15) is 72.3 Å². The molecular weight excluding hydrogens is 516 g/mol. The zero-order chi connectivity index (χ0) is 29.2. The van der Waals surface area contributed by atoms with Gasteiger partial charge < -0.3 is 9.47 Å². The fourth-order valence-corrected chi connectivity index (χ4v) is 8.27. The largest absolute Gasteiger partial charge is 0.461 e. The second kappa shape index (κ2) is 10.2. The summed E-state index contributed by atoms with van der Waals surface area (Å²) >= 11 is 0.